The maximum atomic E-state index is 4.19. The molecule has 0 radical (unpaired) electrons. The molecule has 2 atom stereocenters. The van der Waals surface area contributed by atoms with Gasteiger partial charge in [-0.25, -0.2) is 0 Å². The molecule has 1 saturated heterocycles. The fourth-order valence-electron chi connectivity index (χ4n) is 5.79. The standard InChI is InChI=1S/C34H28BrP/c35-33-23-24-36(30-20-8-3-9-21-30)34(28-16-4-1-5-17-28,29-18-6-2-7-19-29)32(33)25-27-15-12-14-26-13-10-11-22-31(26)27/h1-22,25,33H,23-24H2. The van der Waals surface area contributed by atoms with Crippen LogP contribution in [0.1, 0.15) is 23.1 Å². The molecule has 2 heteroatoms. The van der Waals surface area contributed by atoms with Gasteiger partial charge in [-0.1, -0.05) is 163 Å². The van der Waals surface area contributed by atoms with Gasteiger partial charge in [0.05, 0.1) is 5.16 Å². The molecule has 0 aliphatic carbocycles. The summed E-state index contributed by atoms with van der Waals surface area (Å²) in [5.74, 6) is 0. The van der Waals surface area contributed by atoms with Gasteiger partial charge in [-0.2, -0.15) is 0 Å². The lowest BCUT2D eigenvalue weighted by Gasteiger charge is -2.50. The average molecular weight is 547 g/mol. The van der Waals surface area contributed by atoms with Crippen molar-refractivity contribution >= 4 is 46.0 Å². The van der Waals surface area contributed by atoms with Crippen LogP contribution in [0.5, 0.6) is 0 Å². The summed E-state index contributed by atoms with van der Waals surface area (Å²) in [5, 5.41) is 3.81. The minimum Gasteiger partial charge on any atom is -0.0842 e. The summed E-state index contributed by atoms with van der Waals surface area (Å²) in [5.41, 5.74) is 5.50. The highest BCUT2D eigenvalue weighted by Crippen LogP contribution is 2.67. The second kappa shape index (κ2) is 10.2. The minimum atomic E-state index is -0.571. The van der Waals surface area contributed by atoms with E-state index in [0.29, 0.717) is 4.83 Å². The highest BCUT2D eigenvalue weighted by atomic mass is 79.9. The van der Waals surface area contributed by atoms with E-state index in [9.17, 15) is 0 Å². The van der Waals surface area contributed by atoms with Gasteiger partial charge < -0.3 is 0 Å². The van der Waals surface area contributed by atoms with Crippen LogP contribution in [0, 0.1) is 0 Å². The second-order valence-corrected chi connectivity index (χ2v) is 12.9. The molecular formula is C34H28BrP. The molecule has 5 aromatic rings. The number of fused-ring (bicyclic) bond motifs is 1. The largest absolute Gasteiger partial charge is 0.0842 e. The van der Waals surface area contributed by atoms with E-state index in [0.717, 1.165) is 6.42 Å². The average Bonchev–Trinajstić information content (AvgIpc) is 2.95. The van der Waals surface area contributed by atoms with Crippen LogP contribution in [0.4, 0.5) is 0 Å². The second-order valence-electron chi connectivity index (χ2n) is 9.35. The van der Waals surface area contributed by atoms with Crippen molar-refractivity contribution in [1.82, 2.24) is 0 Å². The summed E-state index contributed by atoms with van der Waals surface area (Å²) in [6.45, 7) is 0. The first-order chi connectivity index (χ1) is 17.8. The van der Waals surface area contributed by atoms with Gasteiger partial charge in [0.1, 0.15) is 0 Å². The predicted molar refractivity (Wildman–Crippen MR) is 161 cm³/mol. The van der Waals surface area contributed by atoms with E-state index in [2.05, 4.69) is 155 Å². The van der Waals surface area contributed by atoms with Crippen LogP contribution in [0.15, 0.2) is 139 Å². The van der Waals surface area contributed by atoms with Crippen LogP contribution in [-0.4, -0.2) is 11.0 Å². The van der Waals surface area contributed by atoms with Crippen LogP contribution >= 0.6 is 23.9 Å². The van der Waals surface area contributed by atoms with Crippen molar-refractivity contribution in [2.45, 2.75) is 16.4 Å². The lowest BCUT2D eigenvalue weighted by Crippen LogP contribution is -2.40. The number of alkyl halides is 1. The van der Waals surface area contributed by atoms with Crippen LogP contribution < -0.4 is 5.30 Å². The summed E-state index contributed by atoms with van der Waals surface area (Å²) >= 11 is 4.19. The first-order valence-electron chi connectivity index (χ1n) is 12.6. The summed E-state index contributed by atoms with van der Waals surface area (Å²) in [6.07, 6.45) is 4.80. The molecule has 176 valence electrons. The van der Waals surface area contributed by atoms with Gasteiger partial charge in [-0.15, -0.1) is 0 Å². The van der Waals surface area contributed by atoms with Gasteiger partial charge >= 0.3 is 0 Å². The predicted octanol–water partition coefficient (Wildman–Crippen LogP) is 9.14. The summed E-state index contributed by atoms with van der Waals surface area (Å²) < 4.78 is 0. The smallest absolute Gasteiger partial charge is 0.0664 e. The Labute approximate surface area is 223 Å². The normalized spacial score (nSPS) is 20.4. The minimum absolute atomic E-state index is 0.234. The lowest BCUT2D eigenvalue weighted by molar-refractivity contribution is 0.750. The van der Waals surface area contributed by atoms with E-state index in [1.807, 2.05) is 0 Å². The zero-order valence-electron chi connectivity index (χ0n) is 20.1. The van der Waals surface area contributed by atoms with Gasteiger partial charge in [0, 0.05) is 4.83 Å². The first-order valence-corrected chi connectivity index (χ1v) is 15.0. The third-order valence-electron chi connectivity index (χ3n) is 7.35. The van der Waals surface area contributed by atoms with E-state index in [1.165, 1.54) is 44.5 Å². The SMILES string of the molecule is BrC1CCP(c2ccccc2)C(c2ccccc2)(c2ccccc2)C1=Cc1cccc2ccccc12. The van der Waals surface area contributed by atoms with Crippen molar-refractivity contribution in [3.8, 4) is 0 Å². The third kappa shape index (κ3) is 4.05. The Kier molecular flexibility index (Phi) is 6.61. The van der Waals surface area contributed by atoms with Crippen LogP contribution in [0.3, 0.4) is 0 Å². The molecule has 1 aliphatic rings. The Morgan fingerprint density at radius 2 is 1.19 bits per heavy atom. The van der Waals surface area contributed by atoms with E-state index in [1.54, 1.807) is 0 Å². The highest BCUT2D eigenvalue weighted by Gasteiger charge is 2.50. The molecule has 1 heterocycles. The van der Waals surface area contributed by atoms with Crippen molar-refractivity contribution in [1.29, 1.82) is 0 Å². The molecule has 0 saturated carbocycles. The van der Waals surface area contributed by atoms with E-state index in [4.69, 9.17) is 0 Å². The molecule has 36 heavy (non-hydrogen) atoms. The Morgan fingerprint density at radius 1 is 0.639 bits per heavy atom. The van der Waals surface area contributed by atoms with Crippen molar-refractivity contribution < 1.29 is 0 Å². The molecule has 1 fully saturated rings. The maximum absolute atomic E-state index is 4.19. The van der Waals surface area contributed by atoms with E-state index >= 15 is 0 Å². The maximum Gasteiger partial charge on any atom is 0.0664 e. The fraction of sp³-hybridized carbons (Fsp3) is 0.118. The first kappa shape index (κ1) is 23.4. The fourth-order valence-corrected chi connectivity index (χ4v) is 10.5. The van der Waals surface area contributed by atoms with E-state index in [-0.39, 0.29) is 5.16 Å². The molecule has 0 N–H and O–H groups in total. The van der Waals surface area contributed by atoms with E-state index < -0.39 is 7.92 Å². The molecule has 1 aliphatic heterocycles. The Hall–Kier alpha value is -2.99. The van der Waals surface area contributed by atoms with Crippen molar-refractivity contribution in [2.75, 3.05) is 6.16 Å². The Balaban J connectivity index is 1.71. The van der Waals surface area contributed by atoms with Gasteiger partial charge in [-0.05, 0) is 50.9 Å². The van der Waals surface area contributed by atoms with Crippen LogP contribution in [-0.2, 0) is 5.16 Å². The summed E-state index contributed by atoms with van der Waals surface area (Å²) in [7, 11) is -0.571. The molecule has 0 spiro atoms. The van der Waals surface area contributed by atoms with Crippen LogP contribution in [0.2, 0.25) is 0 Å². The van der Waals surface area contributed by atoms with Crippen LogP contribution in [0.25, 0.3) is 16.8 Å². The number of rotatable bonds is 4. The molecule has 6 rings (SSSR count). The summed E-state index contributed by atoms with van der Waals surface area (Å²) in [4.78, 5) is 0.291. The lowest BCUT2D eigenvalue weighted by atomic mass is 9.80. The van der Waals surface area contributed by atoms with Crippen molar-refractivity contribution in [3.63, 3.8) is 0 Å². The van der Waals surface area contributed by atoms with Crippen molar-refractivity contribution in [3.05, 3.63) is 156 Å². The van der Waals surface area contributed by atoms with Crippen molar-refractivity contribution in [2.24, 2.45) is 0 Å². The molecule has 0 nitrogen and oxygen atoms in total. The monoisotopic (exact) mass is 546 g/mol. The van der Waals surface area contributed by atoms with Gasteiger partial charge in [0.15, 0.2) is 0 Å². The zero-order chi connectivity index (χ0) is 24.4. The molecule has 0 bridgehead atoms. The summed E-state index contributed by atoms with van der Waals surface area (Å²) in [6, 6.07) is 49.1. The molecular weight excluding hydrogens is 519 g/mol. The number of hydrogen-bond acceptors (Lipinski definition) is 0. The third-order valence-corrected chi connectivity index (χ3v) is 11.5. The van der Waals surface area contributed by atoms with Gasteiger partial charge in [-0.3, -0.25) is 0 Å². The zero-order valence-corrected chi connectivity index (χ0v) is 22.6. The van der Waals surface area contributed by atoms with Gasteiger partial charge in [0.25, 0.3) is 0 Å². The molecule has 2 unspecified atom stereocenters. The number of benzene rings is 5. The number of allylic oxidation sites excluding steroid dienone is 1. The topological polar surface area (TPSA) is 0 Å². The Morgan fingerprint density at radius 3 is 1.86 bits per heavy atom. The molecule has 0 amide bonds. The Bertz CT molecular complexity index is 1450. The number of hydrogen-bond donors (Lipinski definition) is 0. The molecule has 0 aromatic heterocycles. The highest BCUT2D eigenvalue weighted by molar-refractivity contribution is 9.09. The molecule has 5 aromatic carbocycles. The quantitative estimate of drug-likeness (QED) is 0.156. The van der Waals surface area contributed by atoms with Gasteiger partial charge in [0.2, 0.25) is 0 Å². The number of halogens is 1.